The fourth-order valence-corrected chi connectivity index (χ4v) is 4.37. The van der Waals surface area contributed by atoms with Gasteiger partial charge in [0.2, 0.25) is 0 Å². The van der Waals surface area contributed by atoms with Crippen molar-refractivity contribution in [1.29, 1.82) is 0 Å². The van der Waals surface area contributed by atoms with E-state index in [1.165, 1.54) is 12.1 Å². The van der Waals surface area contributed by atoms with E-state index in [0.29, 0.717) is 16.3 Å². The molecule has 0 radical (unpaired) electrons. The van der Waals surface area contributed by atoms with Crippen LogP contribution < -0.4 is 4.72 Å². The summed E-state index contributed by atoms with van der Waals surface area (Å²) in [4.78, 5) is 4.27. The maximum Gasteiger partial charge on any atom is 0.264 e. The van der Waals surface area contributed by atoms with Gasteiger partial charge < -0.3 is 5.11 Å². The number of phenolic OH excluding ortho intramolecular Hbond substituents is 1. The first-order valence-corrected chi connectivity index (χ1v) is 9.60. The number of fused-ring (bicyclic) bond motifs is 2. The molecule has 0 fully saturated rings. The van der Waals surface area contributed by atoms with E-state index >= 15 is 0 Å². The number of aromatic hydroxyl groups is 1. The van der Waals surface area contributed by atoms with Crippen LogP contribution in [0.2, 0.25) is 5.02 Å². The third kappa shape index (κ3) is 2.73. The number of anilines is 1. The van der Waals surface area contributed by atoms with Gasteiger partial charge in [0.1, 0.15) is 10.6 Å². The molecule has 0 atom stereocenters. The summed E-state index contributed by atoms with van der Waals surface area (Å²) in [6.45, 7) is 0. The number of benzene rings is 3. The lowest BCUT2D eigenvalue weighted by atomic mass is 10.1. The predicted octanol–water partition coefficient (Wildman–Crippen LogP) is 4.55. The van der Waals surface area contributed by atoms with Crippen molar-refractivity contribution >= 4 is 49.0 Å². The highest BCUT2D eigenvalue weighted by atomic mass is 35.5. The second kappa shape index (κ2) is 6.16. The molecule has 4 aromatic rings. The summed E-state index contributed by atoms with van der Waals surface area (Å²) in [6.07, 6.45) is 1.55. The van der Waals surface area contributed by atoms with Crippen molar-refractivity contribution in [2.75, 3.05) is 4.72 Å². The van der Waals surface area contributed by atoms with Gasteiger partial charge in [-0.15, -0.1) is 0 Å². The molecule has 0 aliphatic carbocycles. The van der Waals surface area contributed by atoms with Gasteiger partial charge in [-0.1, -0.05) is 54.1 Å². The number of hydrogen-bond donors (Lipinski definition) is 2. The van der Waals surface area contributed by atoms with Gasteiger partial charge in [0.25, 0.3) is 10.0 Å². The number of nitrogens with one attached hydrogen (secondary N) is 1. The standard InChI is InChI=1S/C19H13ClN2O3S/c20-15-11-16(13-7-1-2-8-14(13)19(15)23)22-26(24,25)17-9-3-5-12-6-4-10-21-18(12)17/h1-11,22-23H. The van der Waals surface area contributed by atoms with Crippen LogP contribution in [0.3, 0.4) is 0 Å². The number of phenols is 1. The number of aromatic nitrogens is 1. The molecule has 0 amide bonds. The second-order valence-corrected chi connectivity index (χ2v) is 7.79. The Morgan fingerprint density at radius 1 is 0.962 bits per heavy atom. The van der Waals surface area contributed by atoms with Crippen molar-refractivity contribution in [3.05, 3.63) is 71.9 Å². The topological polar surface area (TPSA) is 79.3 Å². The first kappa shape index (κ1) is 16.6. The first-order chi connectivity index (χ1) is 12.5. The van der Waals surface area contributed by atoms with Crippen LogP contribution in [0.15, 0.2) is 71.8 Å². The monoisotopic (exact) mass is 384 g/mol. The van der Waals surface area contributed by atoms with Crippen LogP contribution in [-0.2, 0) is 10.0 Å². The van der Waals surface area contributed by atoms with Crippen LogP contribution in [0, 0.1) is 0 Å². The van der Waals surface area contributed by atoms with E-state index in [2.05, 4.69) is 9.71 Å². The third-order valence-electron chi connectivity index (χ3n) is 4.10. The smallest absolute Gasteiger partial charge is 0.264 e. The minimum Gasteiger partial charge on any atom is -0.506 e. The molecule has 26 heavy (non-hydrogen) atoms. The molecule has 3 aromatic carbocycles. The van der Waals surface area contributed by atoms with E-state index < -0.39 is 10.0 Å². The average molecular weight is 385 g/mol. The fraction of sp³-hybridized carbons (Fsp3) is 0. The van der Waals surface area contributed by atoms with Crippen LogP contribution in [0.25, 0.3) is 21.7 Å². The summed E-state index contributed by atoms with van der Waals surface area (Å²) in [5, 5.41) is 11.9. The van der Waals surface area contributed by atoms with E-state index in [1.807, 2.05) is 0 Å². The molecule has 1 heterocycles. The number of pyridine rings is 1. The number of nitrogens with zero attached hydrogens (tertiary/aromatic N) is 1. The molecule has 0 unspecified atom stereocenters. The maximum atomic E-state index is 13.0. The maximum absolute atomic E-state index is 13.0. The van der Waals surface area contributed by atoms with Crippen molar-refractivity contribution in [1.82, 2.24) is 4.98 Å². The number of para-hydroxylation sites is 1. The van der Waals surface area contributed by atoms with Crippen LogP contribution in [0.1, 0.15) is 0 Å². The minimum atomic E-state index is -3.91. The molecule has 0 saturated heterocycles. The zero-order valence-electron chi connectivity index (χ0n) is 13.3. The first-order valence-electron chi connectivity index (χ1n) is 7.74. The Bertz CT molecular complexity index is 1250. The van der Waals surface area contributed by atoms with E-state index in [4.69, 9.17) is 11.6 Å². The molecule has 4 rings (SSSR count). The van der Waals surface area contributed by atoms with Crippen LogP contribution >= 0.6 is 11.6 Å². The Kier molecular flexibility index (Phi) is 3.94. The minimum absolute atomic E-state index is 0.0671. The molecule has 0 aliphatic rings. The van der Waals surface area contributed by atoms with Crippen LogP contribution in [-0.4, -0.2) is 18.5 Å². The molecule has 0 spiro atoms. The number of sulfonamides is 1. The molecule has 0 aliphatic heterocycles. The highest BCUT2D eigenvalue weighted by Gasteiger charge is 2.20. The Balaban J connectivity index is 1.89. The molecule has 1 aromatic heterocycles. The molecule has 130 valence electrons. The molecule has 5 nitrogen and oxygen atoms in total. The van der Waals surface area contributed by atoms with Gasteiger partial charge in [0.05, 0.1) is 16.2 Å². The molecule has 2 N–H and O–H groups in total. The summed E-state index contributed by atoms with van der Waals surface area (Å²) in [6, 6.07) is 16.8. The van der Waals surface area contributed by atoms with Crippen LogP contribution in [0.5, 0.6) is 5.75 Å². The van der Waals surface area contributed by atoms with Gasteiger partial charge >= 0.3 is 0 Å². The Hall–Kier alpha value is -2.83. The predicted molar refractivity (Wildman–Crippen MR) is 103 cm³/mol. The lowest BCUT2D eigenvalue weighted by molar-refractivity contribution is 0.482. The zero-order valence-corrected chi connectivity index (χ0v) is 14.9. The molecule has 7 heteroatoms. The second-order valence-electron chi connectivity index (χ2n) is 5.74. The Morgan fingerprint density at radius 3 is 2.50 bits per heavy atom. The summed E-state index contributed by atoms with van der Waals surface area (Å²) < 4.78 is 28.6. The number of rotatable bonds is 3. The normalized spacial score (nSPS) is 11.7. The van der Waals surface area contributed by atoms with Crippen molar-refractivity contribution in [2.45, 2.75) is 4.90 Å². The Morgan fingerprint density at radius 2 is 1.69 bits per heavy atom. The highest BCUT2D eigenvalue weighted by Crippen LogP contribution is 2.38. The average Bonchev–Trinajstić information content (AvgIpc) is 2.65. The van der Waals surface area contributed by atoms with E-state index in [1.54, 1.807) is 54.7 Å². The van der Waals surface area contributed by atoms with Crippen molar-refractivity contribution in [2.24, 2.45) is 0 Å². The van der Waals surface area contributed by atoms with Crippen LogP contribution in [0.4, 0.5) is 5.69 Å². The van der Waals surface area contributed by atoms with Crippen molar-refractivity contribution in [3.63, 3.8) is 0 Å². The van der Waals surface area contributed by atoms with E-state index in [-0.39, 0.29) is 21.4 Å². The quantitative estimate of drug-likeness (QED) is 0.508. The summed E-state index contributed by atoms with van der Waals surface area (Å²) in [7, 11) is -3.91. The van der Waals surface area contributed by atoms with Crippen molar-refractivity contribution < 1.29 is 13.5 Å². The fourth-order valence-electron chi connectivity index (χ4n) is 2.90. The lowest BCUT2D eigenvalue weighted by Gasteiger charge is -2.13. The van der Waals surface area contributed by atoms with Gasteiger partial charge in [-0.05, 0) is 18.2 Å². The lowest BCUT2D eigenvalue weighted by Crippen LogP contribution is -2.14. The molecule has 0 saturated carbocycles. The SMILES string of the molecule is O=S(=O)(Nc1cc(Cl)c(O)c2ccccc12)c1cccc2cccnc12. The largest absolute Gasteiger partial charge is 0.506 e. The highest BCUT2D eigenvalue weighted by molar-refractivity contribution is 7.93. The van der Waals surface area contributed by atoms with Gasteiger partial charge in [-0.25, -0.2) is 8.42 Å². The number of hydrogen-bond acceptors (Lipinski definition) is 4. The number of halogens is 1. The third-order valence-corrected chi connectivity index (χ3v) is 5.78. The summed E-state index contributed by atoms with van der Waals surface area (Å²) in [5.41, 5.74) is 0.674. The Labute approximate surface area is 154 Å². The summed E-state index contributed by atoms with van der Waals surface area (Å²) in [5.74, 6) is -0.0861. The van der Waals surface area contributed by atoms with Gasteiger partial charge in [0, 0.05) is 22.4 Å². The van der Waals surface area contributed by atoms with Crippen molar-refractivity contribution in [3.8, 4) is 5.75 Å². The zero-order chi connectivity index (χ0) is 18.3. The van der Waals surface area contributed by atoms with E-state index in [9.17, 15) is 13.5 Å². The molecular weight excluding hydrogens is 372 g/mol. The summed E-state index contributed by atoms with van der Waals surface area (Å²) >= 11 is 6.07. The van der Waals surface area contributed by atoms with E-state index in [0.717, 1.165) is 5.39 Å². The van der Waals surface area contributed by atoms with Gasteiger partial charge in [-0.2, -0.15) is 0 Å². The molecule has 0 bridgehead atoms. The molecular formula is C19H13ClN2O3S. The van der Waals surface area contributed by atoms with Gasteiger partial charge in [0.15, 0.2) is 0 Å². The van der Waals surface area contributed by atoms with Gasteiger partial charge in [-0.3, -0.25) is 9.71 Å².